The molecule has 0 radical (unpaired) electrons. The number of carbonyl (C=O) groups is 5. The molecule has 0 spiro atoms. The van der Waals surface area contributed by atoms with Crippen molar-refractivity contribution in [1.82, 2.24) is 25.0 Å². The fourth-order valence-electron chi connectivity index (χ4n) is 5.37. The molecule has 14 heteroatoms. The van der Waals surface area contributed by atoms with Crippen LogP contribution >= 0.6 is 0 Å². The van der Waals surface area contributed by atoms with E-state index < -0.39 is 48.8 Å². The molecular formula is C30H38N6O8. The third-order valence-electron chi connectivity index (χ3n) is 7.83. The highest BCUT2D eigenvalue weighted by atomic mass is 16.5. The number of nitrogens with zero attached hydrogens (tertiary/aromatic N) is 5. The van der Waals surface area contributed by atoms with Crippen LogP contribution < -0.4 is 15.0 Å². The first-order valence-electron chi connectivity index (χ1n) is 14.4. The highest BCUT2D eigenvalue weighted by molar-refractivity contribution is 5.96. The first kappa shape index (κ1) is 32.2. The number of anilines is 1. The van der Waals surface area contributed by atoms with Crippen molar-refractivity contribution in [2.75, 3.05) is 64.9 Å². The van der Waals surface area contributed by atoms with Gasteiger partial charge in [0.05, 0.1) is 33.1 Å². The maximum atomic E-state index is 14.0. The minimum absolute atomic E-state index is 0.000965. The lowest BCUT2D eigenvalue weighted by molar-refractivity contribution is -0.160. The molecule has 14 nitrogen and oxygen atoms in total. The van der Waals surface area contributed by atoms with Crippen LogP contribution in [-0.2, 0) is 35.3 Å². The van der Waals surface area contributed by atoms with Gasteiger partial charge in [-0.1, -0.05) is 12.1 Å². The van der Waals surface area contributed by atoms with Gasteiger partial charge in [-0.05, 0) is 29.8 Å². The van der Waals surface area contributed by atoms with Crippen molar-refractivity contribution < 1.29 is 38.6 Å². The summed E-state index contributed by atoms with van der Waals surface area (Å²) < 4.78 is 9.97. The molecule has 4 rings (SSSR count). The number of esters is 1. The molecule has 0 aliphatic carbocycles. The Bertz CT molecular complexity index is 1320. The summed E-state index contributed by atoms with van der Waals surface area (Å²) in [5, 5.41) is 12.4. The predicted octanol–water partition coefficient (Wildman–Crippen LogP) is -0.0256. The van der Waals surface area contributed by atoms with Crippen LogP contribution in [0.25, 0.3) is 0 Å². The number of piperazine rings is 2. The summed E-state index contributed by atoms with van der Waals surface area (Å²) in [6.45, 7) is 1.85. The number of amides is 3. The van der Waals surface area contributed by atoms with Gasteiger partial charge in [-0.2, -0.15) is 0 Å². The smallest absolute Gasteiger partial charge is 0.323 e. The summed E-state index contributed by atoms with van der Waals surface area (Å²) in [6, 6.07) is 8.80. The number of ether oxygens (including phenoxy) is 2. The van der Waals surface area contributed by atoms with Crippen molar-refractivity contribution in [2.45, 2.75) is 31.5 Å². The number of benzene rings is 1. The van der Waals surface area contributed by atoms with E-state index >= 15 is 0 Å². The second-order valence-electron chi connectivity index (χ2n) is 10.5. The number of carbonyl (C=O) groups excluding carboxylic acids is 4. The van der Waals surface area contributed by atoms with E-state index in [2.05, 4.69) is 15.2 Å². The van der Waals surface area contributed by atoms with Crippen LogP contribution in [0.4, 0.5) is 5.69 Å². The third kappa shape index (κ3) is 8.22. The Morgan fingerprint density at radius 2 is 1.66 bits per heavy atom. The number of aromatic nitrogens is 1. The van der Waals surface area contributed by atoms with E-state index in [1.54, 1.807) is 36.5 Å². The van der Waals surface area contributed by atoms with Gasteiger partial charge in [-0.3, -0.25) is 29.0 Å². The third-order valence-corrected chi connectivity index (χ3v) is 7.83. The quantitative estimate of drug-likeness (QED) is 0.311. The molecule has 0 saturated carbocycles. The fourth-order valence-corrected chi connectivity index (χ4v) is 5.37. The van der Waals surface area contributed by atoms with E-state index in [-0.39, 0.29) is 32.0 Å². The minimum atomic E-state index is -1.26. The first-order chi connectivity index (χ1) is 21.2. The number of carboxylic acids is 1. The highest BCUT2D eigenvalue weighted by Crippen LogP contribution is 2.20. The van der Waals surface area contributed by atoms with Gasteiger partial charge in [-0.25, -0.2) is 0 Å². The monoisotopic (exact) mass is 610 g/mol. The van der Waals surface area contributed by atoms with Gasteiger partial charge >= 0.3 is 11.9 Å². The lowest BCUT2D eigenvalue weighted by Gasteiger charge is -2.41. The molecular weight excluding hydrogens is 572 g/mol. The summed E-state index contributed by atoms with van der Waals surface area (Å²) in [6.07, 6.45) is 2.83. The molecule has 0 bridgehead atoms. The van der Waals surface area contributed by atoms with Gasteiger partial charge in [0.2, 0.25) is 17.7 Å². The SMILES string of the molecule is COC(=O)CC1C(=O)N(CC(=O)O)CCN1C(=O)C(CC(=O)N1CCN(c2ccncc2)CC1)NCc1ccc(OC)cc1. The van der Waals surface area contributed by atoms with Crippen LogP contribution in [-0.4, -0.2) is 127 Å². The Labute approximate surface area is 255 Å². The van der Waals surface area contributed by atoms with E-state index in [4.69, 9.17) is 9.47 Å². The highest BCUT2D eigenvalue weighted by Gasteiger charge is 2.42. The van der Waals surface area contributed by atoms with E-state index in [0.29, 0.717) is 31.9 Å². The number of methoxy groups -OCH3 is 2. The minimum Gasteiger partial charge on any atom is -0.497 e. The summed E-state index contributed by atoms with van der Waals surface area (Å²) in [5.74, 6) is -2.66. The summed E-state index contributed by atoms with van der Waals surface area (Å²) in [5.41, 5.74) is 1.86. The van der Waals surface area contributed by atoms with Gasteiger partial charge in [0.15, 0.2) is 0 Å². The number of carboxylic acid groups (broad SMARTS) is 1. The second kappa shape index (κ2) is 15.1. The topological polar surface area (TPSA) is 162 Å². The zero-order chi connectivity index (χ0) is 31.6. The first-order valence-corrected chi connectivity index (χ1v) is 14.4. The van der Waals surface area contributed by atoms with E-state index in [1.165, 1.54) is 12.0 Å². The predicted molar refractivity (Wildman–Crippen MR) is 158 cm³/mol. The number of nitrogens with one attached hydrogen (secondary N) is 1. The van der Waals surface area contributed by atoms with Gasteiger partial charge in [0.25, 0.3) is 0 Å². The largest absolute Gasteiger partial charge is 0.497 e. The molecule has 3 heterocycles. The maximum absolute atomic E-state index is 14.0. The van der Waals surface area contributed by atoms with Crippen molar-refractivity contribution in [3.8, 4) is 5.75 Å². The Hall–Kier alpha value is -4.72. The molecule has 2 aliphatic rings. The molecule has 2 aliphatic heterocycles. The van der Waals surface area contributed by atoms with E-state index in [9.17, 15) is 29.1 Å². The van der Waals surface area contributed by atoms with Crippen molar-refractivity contribution in [3.63, 3.8) is 0 Å². The molecule has 2 atom stereocenters. The number of hydrogen-bond donors (Lipinski definition) is 2. The molecule has 1 aromatic heterocycles. The fraction of sp³-hybridized carbons (Fsp3) is 0.467. The van der Waals surface area contributed by atoms with Gasteiger partial charge in [-0.15, -0.1) is 0 Å². The van der Waals surface area contributed by atoms with Gasteiger partial charge in [0.1, 0.15) is 18.3 Å². The second-order valence-corrected chi connectivity index (χ2v) is 10.5. The van der Waals surface area contributed by atoms with E-state index in [1.807, 2.05) is 24.3 Å². The van der Waals surface area contributed by atoms with Crippen molar-refractivity contribution in [3.05, 3.63) is 54.4 Å². The molecule has 2 aromatic rings. The van der Waals surface area contributed by atoms with Crippen molar-refractivity contribution in [2.24, 2.45) is 0 Å². The average Bonchev–Trinajstić information content (AvgIpc) is 3.05. The molecule has 236 valence electrons. The standard InChI is InChI=1S/C30H38N6O8/c1-43-23-5-3-21(4-6-23)19-32-24(17-26(37)34-13-11-33(12-14-34)22-7-9-31-10-8-22)29(41)36-16-15-35(20-27(38)39)30(42)25(36)18-28(40)44-2/h3-10,24-25,32H,11-20H2,1-2H3,(H,38,39). The molecule has 1 aromatic carbocycles. The van der Waals surface area contributed by atoms with Crippen molar-refractivity contribution in [1.29, 1.82) is 0 Å². The summed E-state index contributed by atoms with van der Waals surface area (Å²) in [7, 11) is 2.73. The molecule has 3 amide bonds. The van der Waals surface area contributed by atoms with Crippen LogP contribution in [0.1, 0.15) is 18.4 Å². The average molecular weight is 611 g/mol. The number of pyridine rings is 1. The molecule has 44 heavy (non-hydrogen) atoms. The summed E-state index contributed by atoms with van der Waals surface area (Å²) >= 11 is 0. The van der Waals surface area contributed by atoms with Crippen LogP contribution in [0.5, 0.6) is 5.75 Å². The molecule has 2 unspecified atom stereocenters. The van der Waals surface area contributed by atoms with Crippen molar-refractivity contribution >= 4 is 35.3 Å². The zero-order valence-electron chi connectivity index (χ0n) is 24.9. The normalized spacial score (nSPS) is 17.7. The Morgan fingerprint density at radius 3 is 2.27 bits per heavy atom. The Morgan fingerprint density at radius 1 is 0.977 bits per heavy atom. The molecule has 2 fully saturated rings. The number of hydrogen-bond acceptors (Lipinski definition) is 10. The van der Waals surface area contributed by atoms with E-state index in [0.717, 1.165) is 16.2 Å². The zero-order valence-corrected chi connectivity index (χ0v) is 24.9. The number of rotatable bonds is 12. The molecule has 2 N–H and O–H groups in total. The lowest BCUT2D eigenvalue weighted by atomic mass is 10.0. The van der Waals surface area contributed by atoms with Crippen LogP contribution in [0.2, 0.25) is 0 Å². The van der Waals surface area contributed by atoms with Crippen LogP contribution in [0.3, 0.4) is 0 Å². The van der Waals surface area contributed by atoms with Crippen LogP contribution in [0.15, 0.2) is 48.8 Å². The lowest BCUT2D eigenvalue weighted by Crippen LogP contribution is -2.63. The Kier molecular flexibility index (Phi) is 11.1. The number of aliphatic carboxylic acids is 1. The van der Waals surface area contributed by atoms with Gasteiger partial charge in [0, 0.05) is 63.9 Å². The molecule has 2 saturated heterocycles. The Balaban J connectivity index is 1.50. The van der Waals surface area contributed by atoms with Gasteiger partial charge < -0.3 is 39.5 Å². The maximum Gasteiger partial charge on any atom is 0.323 e. The summed E-state index contributed by atoms with van der Waals surface area (Å²) in [4.78, 5) is 74.7. The van der Waals surface area contributed by atoms with Crippen LogP contribution in [0, 0.1) is 0 Å².